The Morgan fingerprint density at radius 3 is 2.67 bits per heavy atom. The Morgan fingerprint density at radius 1 is 1.10 bits per heavy atom. The van der Waals surface area contributed by atoms with E-state index in [1.54, 1.807) is 14.7 Å². The van der Waals surface area contributed by atoms with Gasteiger partial charge in [-0.2, -0.15) is 0 Å². The zero-order valence-electron chi connectivity index (χ0n) is 17.6. The maximum absolute atomic E-state index is 13.1. The third kappa shape index (κ3) is 4.65. The number of fused-ring (bicyclic) bond motifs is 1. The Kier molecular flexibility index (Phi) is 6.34. The summed E-state index contributed by atoms with van der Waals surface area (Å²) in [5.74, 6) is 0.0153. The van der Waals surface area contributed by atoms with Gasteiger partial charge < -0.3 is 19.4 Å². The summed E-state index contributed by atoms with van der Waals surface area (Å²) in [5.41, 5.74) is 2.16. The summed E-state index contributed by atoms with van der Waals surface area (Å²) < 4.78 is 5.34. The predicted octanol–water partition coefficient (Wildman–Crippen LogP) is 0.0989. The van der Waals surface area contributed by atoms with Gasteiger partial charge in [-0.15, -0.1) is 0 Å². The monoisotopic (exact) mass is 414 g/mol. The van der Waals surface area contributed by atoms with Crippen molar-refractivity contribution in [3.05, 3.63) is 35.4 Å². The van der Waals surface area contributed by atoms with Crippen molar-refractivity contribution >= 4 is 17.7 Å². The number of amides is 3. The highest BCUT2D eigenvalue weighted by molar-refractivity contribution is 5.95. The molecule has 3 aliphatic heterocycles. The van der Waals surface area contributed by atoms with E-state index in [4.69, 9.17) is 4.74 Å². The van der Waals surface area contributed by atoms with E-state index in [0.29, 0.717) is 52.4 Å². The largest absolute Gasteiger partial charge is 0.379 e. The number of hydrogen-bond donors (Lipinski definition) is 0. The van der Waals surface area contributed by atoms with E-state index < -0.39 is 6.04 Å². The number of nitrogens with zero attached hydrogens (tertiary/aromatic N) is 4. The first kappa shape index (κ1) is 20.8. The summed E-state index contributed by atoms with van der Waals surface area (Å²) in [6, 6.07) is 7.54. The summed E-state index contributed by atoms with van der Waals surface area (Å²) in [6.45, 7) is 7.17. The number of piperazine rings is 1. The van der Waals surface area contributed by atoms with E-state index in [-0.39, 0.29) is 24.3 Å². The van der Waals surface area contributed by atoms with Crippen LogP contribution in [0, 0.1) is 6.92 Å². The highest BCUT2D eigenvalue weighted by Crippen LogP contribution is 2.21. The number of carbonyl (C=O) groups is 3. The average Bonchev–Trinajstić information content (AvgIpc) is 2.96. The molecular weight excluding hydrogens is 384 g/mol. The Bertz CT molecular complexity index is 808. The van der Waals surface area contributed by atoms with Gasteiger partial charge in [-0.05, 0) is 18.9 Å². The van der Waals surface area contributed by atoms with E-state index in [9.17, 15) is 14.4 Å². The standard InChI is InChI=1S/C22H30N4O4/c1-17-3-2-4-18(13-17)14-25-16-21(28)26-8-7-24(6-5-19(26)22(25)29)20(27)15-23-9-11-30-12-10-23/h2-4,13,19H,5-12,14-16H2,1H3. The fourth-order valence-electron chi connectivity index (χ4n) is 4.49. The van der Waals surface area contributed by atoms with E-state index in [0.717, 1.165) is 24.2 Å². The molecule has 3 fully saturated rings. The van der Waals surface area contributed by atoms with Gasteiger partial charge in [-0.3, -0.25) is 19.3 Å². The van der Waals surface area contributed by atoms with E-state index in [1.165, 1.54) is 0 Å². The van der Waals surface area contributed by atoms with Crippen molar-refractivity contribution in [1.29, 1.82) is 0 Å². The van der Waals surface area contributed by atoms with Crippen molar-refractivity contribution in [2.24, 2.45) is 0 Å². The fraction of sp³-hybridized carbons (Fsp3) is 0.591. The molecule has 162 valence electrons. The second-order valence-corrected chi connectivity index (χ2v) is 8.34. The first-order valence-electron chi connectivity index (χ1n) is 10.7. The zero-order chi connectivity index (χ0) is 21.1. The van der Waals surface area contributed by atoms with Gasteiger partial charge in [0, 0.05) is 39.3 Å². The molecule has 1 atom stereocenters. The van der Waals surface area contributed by atoms with Crippen molar-refractivity contribution in [2.45, 2.75) is 25.9 Å². The minimum Gasteiger partial charge on any atom is -0.379 e. The lowest BCUT2D eigenvalue weighted by atomic mass is 10.1. The van der Waals surface area contributed by atoms with Gasteiger partial charge in [0.05, 0.1) is 19.8 Å². The SMILES string of the molecule is Cc1cccc(CN2CC(=O)N3CCN(C(=O)CN4CCOCC4)CCC3C2=O)c1. The normalized spacial score (nSPS) is 23.4. The molecule has 0 saturated carbocycles. The van der Waals surface area contributed by atoms with Crippen LogP contribution in [0.2, 0.25) is 0 Å². The van der Waals surface area contributed by atoms with Gasteiger partial charge in [0.2, 0.25) is 17.7 Å². The number of benzene rings is 1. The Balaban J connectivity index is 1.39. The molecule has 8 heteroatoms. The maximum atomic E-state index is 13.1. The highest BCUT2D eigenvalue weighted by atomic mass is 16.5. The molecule has 30 heavy (non-hydrogen) atoms. The van der Waals surface area contributed by atoms with Crippen LogP contribution in [0.4, 0.5) is 0 Å². The van der Waals surface area contributed by atoms with Crippen molar-refractivity contribution in [3.63, 3.8) is 0 Å². The lowest BCUT2D eigenvalue weighted by Crippen LogP contribution is -2.59. The molecule has 0 spiro atoms. The minimum absolute atomic E-state index is 0.0152. The number of carbonyl (C=O) groups excluding carboxylic acids is 3. The lowest BCUT2D eigenvalue weighted by Gasteiger charge is -2.39. The quantitative estimate of drug-likeness (QED) is 0.699. The second-order valence-electron chi connectivity index (χ2n) is 8.34. The summed E-state index contributed by atoms with van der Waals surface area (Å²) in [4.78, 5) is 46.0. The van der Waals surface area contributed by atoms with Crippen LogP contribution in [0.15, 0.2) is 24.3 Å². The summed E-state index contributed by atoms with van der Waals surface area (Å²) in [5, 5.41) is 0. The molecular formula is C22H30N4O4. The molecule has 3 aliphatic rings. The van der Waals surface area contributed by atoms with Crippen molar-refractivity contribution < 1.29 is 19.1 Å². The summed E-state index contributed by atoms with van der Waals surface area (Å²) in [7, 11) is 0. The molecule has 3 amide bonds. The molecule has 4 rings (SSSR count). The molecule has 3 saturated heterocycles. The van der Waals surface area contributed by atoms with Crippen LogP contribution in [-0.4, -0.2) is 102 Å². The summed E-state index contributed by atoms with van der Waals surface area (Å²) in [6.07, 6.45) is 0.490. The molecule has 8 nitrogen and oxygen atoms in total. The molecule has 0 bridgehead atoms. The van der Waals surface area contributed by atoms with E-state index >= 15 is 0 Å². The molecule has 1 aromatic carbocycles. The highest BCUT2D eigenvalue weighted by Gasteiger charge is 2.41. The molecule has 3 heterocycles. The van der Waals surface area contributed by atoms with Gasteiger partial charge in [-0.1, -0.05) is 29.8 Å². The first-order chi connectivity index (χ1) is 14.5. The van der Waals surface area contributed by atoms with Gasteiger partial charge in [0.15, 0.2) is 0 Å². The van der Waals surface area contributed by atoms with Gasteiger partial charge in [-0.25, -0.2) is 0 Å². The fourth-order valence-corrected chi connectivity index (χ4v) is 4.49. The number of ether oxygens (including phenoxy) is 1. The van der Waals surface area contributed by atoms with Crippen molar-refractivity contribution in [1.82, 2.24) is 19.6 Å². The Hall–Kier alpha value is -2.45. The van der Waals surface area contributed by atoms with Crippen LogP contribution >= 0.6 is 0 Å². The number of aryl methyl sites for hydroxylation is 1. The molecule has 0 aromatic heterocycles. The number of rotatable bonds is 4. The second kappa shape index (κ2) is 9.14. The van der Waals surface area contributed by atoms with Gasteiger partial charge in [0.1, 0.15) is 12.6 Å². The third-order valence-corrected chi connectivity index (χ3v) is 6.17. The predicted molar refractivity (Wildman–Crippen MR) is 111 cm³/mol. The molecule has 0 radical (unpaired) electrons. The van der Waals surface area contributed by atoms with Crippen molar-refractivity contribution in [3.8, 4) is 0 Å². The van der Waals surface area contributed by atoms with Crippen molar-refractivity contribution in [2.75, 3.05) is 59.0 Å². The van der Waals surface area contributed by atoms with Crippen LogP contribution in [0.5, 0.6) is 0 Å². The minimum atomic E-state index is -0.475. The lowest BCUT2D eigenvalue weighted by molar-refractivity contribution is -0.156. The molecule has 0 aliphatic carbocycles. The third-order valence-electron chi connectivity index (χ3n) is 6.17. The van der Waals surface area contributed by atoms with Crippen LogP contribution in [0.25, 0.3) is 0 Å². The van der Waals surface area contributed by atoms with Crippen LogP contribution < -0.4 is 0 Å². The first-order valence-corrected chi connectivity index (χ1v) is 10.7. The number of hydrogen-bond acceptors (Lipinski definition) is 5. The van der Waals surface area contributed by atoms with Crippen LogP contribution in [0.1, 0.15) is 17.5 Å². The van der Waals surface area contributed by atoms with E-state index in [2.05, 4.69) is 4.90 Å². The Morgan fingerprint density at radius 2 is 1.90 bits per heavy atom. The topological polar surface area (TPSA) is 73.4 Å². The maximum Gasteiger partial charge on any atom is 0.246 e. The molecule has 1 aromatic rings. The van der Waals surface area contributed by atoms with Crippen LogP contribution in [-0.2, 0) is 25.7 Å². The number of morpholine rings is 1. The summed E-state index contributed by atoms with van der Waals surface area (Å²) >= 11 is 0. The van der Waals surface area contributed by atoms with Gasteiger partial charge >= 0.3 is 0 Å². The van der Waals surface area contributed by atoms with E-state index in [1.807, 2.05) is 31.2 Å². The zero-order valence-corrected chi connectivity index (χ0v) is 17.6. The Labute approximate surface area is 177 Å². The smallest absolute Gasteiger partial charge is 0.246 e. The molecule has 1 unspecified atom stereocenters. The molecule has 0 N–H and O–H groups in total. The van der Waals surface area contributed by atoms with Crippen LogP contribution in [0.3, 0.4) is 0 Å². The van der Waals surface area contributed by atoms with Gasteiger partial charge in [0.25, 0.3) is 0 Å². The average molecular weight is 415 g/mol.